The molecule has 0 saturated carbocycles. The molecule has 2 aliphatic heterocycles. The van der Waals surface area contributed by atoms with Crippen LogP contribution in [-0.2, 0) is 0 Å². The van der Waals surface area contributed by atoms with Crippen LogP contribution in [0.15, 0.2) is 42.7 Å². The van der Waals surface area contributed by atoms with E-state index in [0.717, 1.165) is 12.8 Å². The van der Waals surface area contributed by atoms with Crippen molar-refractivity contribution in [2.45, 2.75) is 32.3 Å². The third-order valence-corrected chi connectivity index (χ3v) is 6.47. The van der Waals surface area contributed by atoms with E-state index in [9.17, 15) is 19.8 Å². The molecule has 0 aliphatic carbocycles. The van der Waals surface area contributed by atoms with Crippen molar-refractivity contribution in [1.29, 1.82) is 0 Å². The van der Waals surface area contributed by atoms with Gasteiger partial charge in [-0.25, -0.2) is 0 Å². The van der Waals surface area contributed by atoms with Crippen LogP contribution in [-0.4, -0.2) is 69.1 Å². The molecule has 1 aromatic heterocycles. The minimum absolute atomic E-state index is 0.0853. The summed E-state index contributed by atoms with van der Waals surface area (Å²) in [6, 6.07) is 8.47. The molecule has 30 heavy (non-hydrogen) atoms. The number of hydrogen-bond acceptors (Lipinski definition) is 5. The van der Waals surface area contributed by atoms with E-state index in [0.29, 0.717) is 49.3 Å². The molecule has 3 heterocycles. The van der Waals surface area contributed by atoms with Gasteiger partial charge in [0.25, 0.3) is 11.8 Å². The van der Waals surface area contributed by atoms with Gasteiger partial charge in [0.05, 0.1) is 11.7 Å². The number of hydrogen-bond donors (Lipinski definition) is 2. The van der Waals surface area contributed by atoms with Gasteiger partial charge in [-0.1, -0.05) is 6.07 Å². The first kappa shape index (κ1) is 20.3. The smallest absolute Gasteiger partial charge is 0.255 e. The number of carbonyl (C=O) groups excluding carboxylic acids is 2. The summed E-state index contributed by atoms with van der Waals surface area (Å²) >= 11 is 0. The number of carbonyl (C=O) groups is 2. The normalized spacial score (nSPS) is 20.9. The summed E-state index contributed by atoms with van der Waals surface area (Å²) in [4.78, 5) is 33.4. The van der Waals surface area contributed by atoms with Gasteiger partial charge in [0.1, 0.15) is 5.75 Å². The summed E-state index contributed by atoms with van der Waals surface area (Å²) in [6.07, 6.45) is 4.69. The molecule has 2 aliphatic rings. The zero-order valence-electron chi connectivity index (χ0n) is 17.1. The first-order valence-electron chi connectivity index (χ1n) is 10.3. The predicted octanol–water partition coefficient (Wildman–Crippen LogP) is 2.23. The zero-order chi connectivity index (χ0) is 21.3. The van der Waals surface area contributed by atoms with Crippen molar-refractivity contribution in [1.82, 2.24) is 14.8 Å². The van der Waals surface area contributed by atoms with Gasteiger partial charge >= 0.3 is 0 Å². The van der Waals surface area contributed by atoms with E-state index in [1.807, 2.05) is 0 Å². The van der Waals surface area contributed by atoms with Crippen molar-refractivity contribution in [2.24, 2.45) is 5.41 Å². The highest BCUT2D eigenvalue weighted by Gasteiger charge is 2.43. The molecule has 2 fully saturated rings. The molecule has 2 saturated heterocycles. The maximum absolute atomic E-state index is 13.0. The Morgan fingerprint density at radius 3 is 2.57 bits per heavy atom. The molecule has 1 spiro atoms. The lowest BCUT2D eigenvalue weighted by atomic mass is 9.71. The molecule has 0 bridgehead atoms. The van der Waals surface area contributed by atoms with E-state index in [2.05, 4.69) is 4.98 Å². The number of phenols is 1. The Balaban J connectivity index is 1.45. The Morgan fingerprint density at radius 1 is 1.10 bits per heavy atom. The number of aromatic hydroxyl groups is 1. The lowest BCUT2D eigenvalue weighted by Gasteiger charge is -2.49. The van der Waals surface area contributed by atoms with Crippen molar-refractivity contribution < 1.29 is 19.8 Å². The van der Waals surface area contributed by atoms with E-state index in [1.54, 1.807) is 59.4 Å². The Morgan fingerprint density at radius 2 is 1.87 bits per heavy atom. The van der Waals surface area contributed by atoms with Crippen molar-refractivity contribution in [3.63, 3.8) is 0 Å². The molecule has 1 atom stereocenters. The van der Waals surface area contributed by atoms with Crippen LogP contribution >= 0.6 is 0 Å². The molecule has 158 valence electrons. The van der Waals surface area contributed by atoms with Crippen LogP contribution in [0.5, 0.6) is 5.75 Å². The summed E-state index contributed by atoms with van der Waals surface area (Å²) in [5.41, 5.74) is 1.43. The summed E-state index contributed by atoms with van der Waals surface area (Å²) in [6.45, 7) is 3.77. The average Bonchev–Trinajstić information content (AvgIpc) is 2.75. The van der Waals surface area contributed by atoms with Crippen molar-refractivity contribution in [3.8, 4) is 5.75 Å². The maximum atomic E-state index is 13.0. The van der Waals surface area contributed by atoms with E-state index in [1.165, 1.54) is 0 Å². The molecule has 1 unspecified atom stereocenters. The Bertz CT molecular complexity index is 939. The molecule has 4 rings (SSSR count). The molecule has 7 nitrogen and oxygen atoms in total. The number of benzene rings is 1. The molecule has 2 amide bonds. The van der Waals surface area contributed by atoms with Crippen LogP contribution in [0.25, 0.3) is 0 Å². The van der Waals surface area contributed by atoms with Crippen molar-refractivity contribution >= 4 is 11.8 Å². The van der Waals surface area contributed by atoms with E-state index in [-0.39, 0.29) is 23.0 Å². The molecular weight excluding hydrogens is 382 g/mol. The number of β-amino-alcohol motifs (C(OH)–C–C–N with tert-alkyl or cyclic N) is 1. The van der Waals surface area contributed by atoms with Gasteiger partial charge in [0.15, 0.2) is 0 Å². The van der Waals surface area contributed by atoms with E-state index in [4.69, 9.17) is 0 Å². The van der Waals surface area contributed by atoms with Gasteiger partial charge in [0.2, 0.25) is 0 Å². The number of phenolic OH excluding ortho intramolecular Hbond substituents is 1. The van der Waals surface area contributed by atoms with Crippen molar-refractivity contribution in [3.05, 3.63) is 59.4 Å². The largest absolute Gasteiger partial charge is 0.508 e. The van der Waals surface area contributed by atoms with Gasteiger partial charge in [-0.3, -0.25) is 14.6 Å². The van der Waals surface area contributed by atoms with Crippen LogP contribution in [0.2, 0.25) is 0 Å². The number of rotatable bonds is 2. The fourth-order valence-corrected chi connectivity index (χ4v) is 4.75. The zero-order valence-corrected chi connectivity index (χ0v) is 17.1. The molecule has 2 N–H and O–H groups in total. The number of piperidine rings is 2. The predicted molar refractivity (Wildman–Crippen MR) is 111 cm³/mol. The molecule has 2 aromatic rings. The van der Waals surface area contributed by atoms with Crippen LogP contribution in [0, 0.1) is 12.3 Å². The third kappa shape index (κ3) is 3.89. The molecule has 0 radical (unpaired) electrons. The van der Waals surface area contributed by atoms with Crippen LogP contribution in [0.4, 0.5) is 0 Å². The van der Waals surface area contributed by atoms with Crippen LogP contribution in [0.3, 0.4) is 0 Å². The first-order chi connectivity index (χ1) is 14.4. The van der Waals surface area contributed by atoms with Gasteiger partial charge in [-0.05, 0) is 55.9 Å². The highest BCUT2D eigenvalue weighted by molar-refractivity contribution is 5.96. The third-order valence-electron chi connectivity index (χ3n) is 6.47. The summed E-state index contributed by atoms with van der Waals surface area (Å²) < 4.78 is 0. The summed E-state index contributed by atoms with van der Waals surface area (Å²) in [7, 11) is 0. The standard InChI is InChI=1S/C23H27N3O4/c1-16-19(5-2-6-20(16)28)22(30)25-10-7-23(8-11-25)12-18(27)14-26(15-23)21(29)17-4-3-9-24-13-17/h2-6,9,13,18,27-28H,7-8,10-12,14-15H2,1H3. The number of aromatic nitrogens is 1. The second-order valence-electron chi connectivity index (χ2n) is 8.53. The quantitative estimate of drug-likeness (QED) is 0.793. The van der Waals surface area contributed by atoms with Crippen LogP contribution in [0.1, 0.15) is 45.5 Å². The number of aliphatic hydroxyl groups excluding tert-OH is 1. The second kappa shape index (κ2) is 8.07. The molecule has 7 heteroatoms. The summed E-state index contributed by atoms with van der Waals surface area (Å²) in [5, 5.41) is 20.4. The number of nitrogens with zero attached hydrogens (tertiary/aromatic N) is 3. The van der Waals surface area contributed by atoms with Gasteiger partial charge in [-0.15, -0.1) is 0 Å². The second-order valence-corrected chi connectivity index (χ2v) is 8.53. The van der Waals surface area contributed by atoms with Gasteiger partial charge in [0, 0.05) is 49.7 Å². The monoisotopic (exact) mass is 409 g/mol. The average molecular weight is 409 g/mol. The van der Waals surface area contributed by atoms with Crippen LogP contribution < -0.4 is 0 Å². The van der Waals surface area contributed by atoms with Gasteiger partial charge < -0.3 is 20.0 Å². The highest BCUT2D eigenvalue weighted by atomic mass is 16.3. The summed E-state index contributed by atoms with van der Waals surface area (Å²) in [5.74, 6) is -0.0812. The number of likely N-dealkylation sites (tertiary alicyclic amines) is 2. The Kier molecular flexibility index (Phi) is 5.47. The van der Waals surface area contributed by atoms with E-state index < -0.39 is 6.10 Å². The lowest BCUT2D eigenvalue weighted by molar-refractivity contribution is -0.0299. The lowest BCUT2D eigenvalue weighted by Crippen LogP contribution is -2.55. The number of pyridine rings is 1. The first-order valence-corrected chi connectivity index (χ1v) is 10.3. The Hall–Kier alpha value is -2.93. The highest BCUT2D eigenvalue weighted by Crippen LogP contribution is 2.40. The number of amides is 2. The fourth-order valence-electron chi connectivity index (χ4n) is 4.75. The Labute approximate surface area is 176 Å². The van der Waals surface area contributed by atoms with Crippen molar-refractivity contribution in [2.75, 3.05) is 26.2 Å². The minimum Gasteiger partial charge on any atom is -0.508 e. The van der Waals surface area contributed by atoms with E-state index >= 15 is 0 Å². The topological polar surface area (TPSA) is 94.0 Å². The molecule has 1 aromatic carbocycles. The fraction of sp³-hybridized carbons (Fsp3) is 0.435. The SMILES string of the molecule is Cc1c(O)cccc1C(=O)N1CCC2(CC1)CC(O)CN(C(=O)c1cccnc1)C2. The number of aliphatic hydroxyl groups is 1. The molecular formula is C23H27N3O4. The van der Waals surface area contributed by atoms with Gasteiger partial charge in [-0.2, -0.15) is 0 Å². The minimum atomic E-state index is -0.574. The maximum Gasteiger partial charge on any atom is 0.255 e.